The molecule has 3 N–H and O–H groups in total. The predicted molar refractivity (Wildman–Crippen MR) is 50.4 cm³/mol. The lowest BCUT2D eigenvalue weighted by Gasteiger charge is -2.27. The van der Waals surface area contributed by atoms with Crippen LogP contribution >= 0.6 is 0 Å². The van der Waals surface area contributed by atoms with Crippen molar-refractivity contribution in [2.24, 2.45) is 11.1 Å². The van der Waals surface area contributed by atoms with Gasteiger partial charge in [0.25, 0.3) is 0 Å². The number of nitrogens with one attached hydrogen (secondary N) is 1. The third kappa shape index (κ3) is 4.84. The molecule has 0 unspecified atom stereocenters. The van der Waals surface area contributed by atoms with Crippen LogP contribution in [0.25, 0.3) is 0 Å². The van der Waals surface area contributed by atoms with Crippen LogP contribution in [0.4, 0.5) is 0 Å². The zero-order chi connectivity index (χ0) is 10.9. The summed E-state index contributed by atoms with van der Waals surface area (Å²) < 4.78 is 23.9. The van der Waals surface area contributed by atoms with Crippen LogP contribution in [0.15, 0.2) is 0 Å². The van der Waals surface area contributed by atoms with Crippen molar-refractivity contribution < 1.29 is 13.2 Å². The van der Waals surface area contributed by atoms with Crippen molar-refractivity contribution in [3.05, 3.63) is 0 Å². The average Bonchev–Trinajstić information content (AvgIpc) is 1.77. The van der Waals surface area contributed by atoms with Gasteiger partial charge in [-0.1, -0.05) is 20.8 Å². The third-order valence-corrected chi connectivity index (χ3v) is 2.15. The van der Waals surface area contributed by atoms with Gasteiger partial charge in [0.2, 0.25) is 15.9 Å². The average molecular weight is 208 g/mol. The second kappa shape index (κ2) is 3.63. The molecule has 0 heterocycles. The Morgan fingerprint density at radius 3 is 1.85 bits per heavy atom. The maximum atomic E-state index is 10.9. The molecule has 0 rings (SSSR count). The molecule has 6 heteroatoms. The van der Waals surface area contributed by atoms with Gasteiger partial charge in [0.15, 0.2) is 0 Å². The van der Waals surface area contributed by atoms with Crippen LogP contribution in [0, 0.1) is 5.41 Å². The Morgan fingerprint density at radius 2 is 1.77 bits per heavy atom. The topological polar surface area (TPSA) is 89.3 Å². The van der Waals surface area contributed by atoms with Crippen LogP contribution in [-0.4, -0.2) is 26.6 Å². The Kier molecular flexibility index (Phi) is 3.46. The molecule has 0 aromatic rings. The van der Waals surface area contributed by atoms with Gasteiger partial charge in [-0.2, -0.15) is 0 Å². The highest BCUT2D eigenvalue weighted by molar-refractivity contribution is 7.88. The number of carbonyl (C=O) groups is 1. The fraction of sp³-hybridized carbons (Fsp3) is 0.857. The number of hydrogen-bond acceptors (Lipinski definition) is 3. The van der Waals surface area contributed by atoms with Crippen molar-refractivity contribution in [3.63, 3.8) is 0 Å². The maximum absolute atomic E-state index is 10.9. The van der Waals surface area contributed by atoms with Crippen LogP contribution in [0.1, 0.15) is 20.8 Å². The van der Waals surface area contributed by atoms with Crippen LogP contribution in [0.3, 0.4) is 0 Å². The molecule has 0 saturated heterocycles. The SMILES string of the molecule is CC(C)(C)[C@H](NS(C)(=O)=O)C(N)=O. The summed E-state index contributed by atoms with van der Waals surface area (Å²) in [7, 11) is -3.40. The predicted octanol–water partition coefficient (Wildman–Crippen LogP) is -0.564. The van der Waals surface area contributed by atoms with E-state index in [1.54, 1.807) is 20.8 Å². The van der Waals surface area contributed by atoms with E-state index in [4.69, 9.17) is 5.73 Å². The van der Waals surface area contributed by atoms with Crippen molar-refractivity contribution >= 4 is 15.9 Å². The summed E-state index contributed by atoms with van der Waals surface area (Å²) in [6, 6.07) is -0.873. The molecule has 0 aliphatic carbocycles. The van der Waals surface area contributed by atoms with E-state index in [0.717, 1.165) is 6.26 Å². The van der Waals surface area contributed by atoms with E-state index < -0.39 is 27.4 Å². The van der Waals surface area contributed by atoms with E-state index in [-0.39, 0.29) is 0 Å². The molecular weight excluding hydrogens is 192 g/mol. The minimum atomic E-state index is -3.40. The number of amides is 1. The van der Waals surface area contributed by atoms with Gasteiger partial charge in [-0.05, 0) is 5.41 Å². The van der Waals surface area contributed by atoms with Gasteiger partial charge in [0, 0.05) is 0 Å². The second-order valence-corrected chi connectivity index (χ2v) is 5.87. The van der Waals surface area contributed by atoms with Crippen molar-refractivity contribution in [1.82, 2.24) is 4.72 Å². The van der Waals surface area contributed by atoms with Gasteiger partial charge in [0.1, 0.15) is 6.04 Å². The lowest BCUT2D eigenvalue weighted by atomic mass is 9.87. The van der Waals surface area contributed by atoms with Crippen molar-refractivity contribution in [2.75, 3.05) is 6.26 Å². The summed E-state index contributed by atoms with van der Waals surface area (Å²) in [4.78, 5) is 10.9. The maximum Gasteiger partial charge on any atom is 0.236 e. The second-order valence-electron chi connectivity index (χ2n) is 4.09. The van der Waals surface area contributed by atoms with Gasteiger partial charge in [-0.3, -0.25) is 4.79 Å². The van der Waals surface area contributed by atoms with Crippen molar-refractivity contribution in [2.45, 2.75) is 26.8 Å². The largest absolute Gasteiger partial charge is 0.368 e. The molecule has 0 spiro atoms. The molecule has 0 aromatic carbocycles. The highest BCUT2D eigenvalue weighted by atomic mass is 32.2. The molecule has 0 aliphatic rings. The summed E-state index contributed by atoms with van der Waals surface area (Å²) in [5.41, 5.74) is 4.55. The summed E-state index contributed by atoms with van der Waals surface area (Å²) in [6.07, 6.45) is 0.995. The monoisotopic (exact) mass is 208 g/mol. The quantitative estimate of drug-likeness (QED) is 0.651. The van der Waals surface area contributed by atoms with E-state index in [2.05, 4.69) is 4.72 Å². The number of primary amides is 1. The summed E-state index contributed by atoms with van der Waals surface area (Å²) in [5, 5.41) is 0. The van der Waals surface area contributed by atoms with E-state index in [1.165, 1.54) is 0 Å². The molecule has 1 atom stereocenters. The summed E-state index contributed by atoms with van der Waals surface area (Å²) in [6.45, 7) is 5.21. The number of sulfonamides is 1. The Hall–Kier alpha value is -0.620. The van der Waals surface area contributed by atoms with E-state index in [9.17, 15) is 13.2 Å². The normalized spacial score (nSPS) is 15.4. The molecule has 0 bridgehead atoms. The van der Waals surface area contributed by atoms with Gasteiger partial charge in [-0.25, -0.2) is 13.1 Å². The highest BCUT2D eigenvalue weighted by Crippen LogP contribution is 2.19. The fourth-order valence-electron chi connectivity index (χ4n) is 0.876. The first-order chi connectivity index (χ1) is 5.54. The van der Waals surface area contributed by atoms with Crippen LogP contribution in [0.2, 0.25) is 0 Å². The fourth-order valence-corrected chi connectivity index (χ4v) is 1.77. The molecule has 0 saturated carbocycles. The lowest BCUT2D eigenvalue weighted by Crippen LogP contribution is -2.51. The number of rotatable bonds is 3. The summed E-state index contributed by atoms with van der Waals surface area (Å²) in [5.74, 6) is -0.669. The van der Waals surface area contributed by atoms with Crippen LogP contribution < -0.4 is 10.5 Å². The smallest absolute Gasteiger partial charge is 0.236 e. The highest BCUT2D eigenvalue weighted by Gasteiger charge is 2.31. The Labute approximate surface area is 78.7 Å². The molecule has 0 fully saturated rings. The standard InChI is InChI=1S/C7H16N2O3S/c1-7(2,3)5(6(8)10)9-13(4,11)12/h5,9H,1-4H3,(H2,8,10)/t5-/m1/s1. The lowest BCUT2D eigenvalue weighted by molar-refractivity contribution is -0.121. The molecule has 78 valence electrons. The molecule has 0 aromatic heterocycles. The van der Waals surface area contributed by atoms with E-state index in [1.807, 2.05) is 0 Å². The Balaban J connectivity index is 4.77. The molecule has 13 heavy (non-hydrogen) atoms. The third-order valence-electron chi connectivity index (χ3n) is 1.48. The van der Waals surface area contributed by atoms with Crippen molar-refractivity contribution in [1.29, 1.82) is 0 Å². The number of hydrogen-bond donors (Lipinski definition) is 2. The van der Waals surface area contributed by atoms with E-state index in [0.29, 0.717) is 0 Å². The Bertz CT molecular complexity index is 289. The zero-order valence-electron chi connectivity index (χ0n) is 8.29. The first-order valence-electron chi connectivity index (χ1n) is 3.80. The van der Waals surface area contributed by atoms with Crippen LogP contribution in [0.5, 0.6) is 0 Å². The molecule has 0 radical (unpaired) electrons. The number of carbonyl (C=O) groups excluding carboxylic acids is 1. The van der Waals surface area contributed by atoms with Gasteiger partial charge >= 0.3 is 0 Å². The molecule has 0 aliphatic heterocycles. The molecular formula is C7H16N2O3S. The van der Waals surface area contributed by atoms with Crippen LogP contribution in [-0.2, 0) is 14.8 Å². The first-order valence-corrected chi connectivity index (χ1v) is 5.70. The van der Waals surface area contributed by atoms with Gasteiger partial charge in [-0.15, -0.1) is 0 Å². The zero-order valence-corrected chi connectivity index (χ0v) is 9.10. The molecule has 5 nitrogen and oxygen atoms in total. The summed E-state index contributed by atoms with van der Waals surface area (Å²) >= 11 is 0. The molecule has 1 amide bonds. The minimum Gasteiger partial charge on any atom is -0.368 e. The first kappa shape index (κ1) is 12.4. The Morgan fingerprint density at radius 1 is 1.38 bits per heavy atom. The van der Waals surface area contributed by atoms with Crippen molar-refractivity contribution in [3.8, 4) is 0 Å². The van der Waals surface area contributed by atoms with Gasteiger partial charge in [0.05, 0.1) is 6.26 Å². The number of nitrogens with two attached hydrogens (primary N) is 1. The van der Waals surface area contributed by atoms with E-state index >= 15 is 0 Å². The minimum absolute atomic E-state index is 0.519. The van der Waals surface area contributed by atoms with Gasteiger partial charge < -0.3 is 5.73 Å².